The van der Waals surface area contributed by atoms with Crippen LogP contribution < -0.4 is 14.4 Å². The predicted octanol–water partition coefficient (Wildman–Crippen LogP) is 3.89. The first-order valence-electron chi connectivity index (χ1n) is 10.8. The maximum atomic E-state index is 11.7. The Morgan fingerprint density at radius 1 is 0.906 bits per heavy atom. The molecule has 7 heteroatoms. The lowest BCUT2D eigenvalue weighted by molar-refractivity contribution is -0.132. The summed E-state index contributed by atoms with van der Waals surface area (Å²) in [7, 11) is 1.80. The van der Waals surface area contributed by atoms with Crippen LogP contribution >= 0.6 is 0 Å². The summed E-state index contributed by atoms with van der Waals surface area (Å²) in [6, 6.07) is 11.4. The van der Waals surface area contributed by atoms with Gasteiger partial charge in [-0.2, -0.15) is 0 Å². The van der Waals surface area contributed by atoms with E-state index in [0.717, 1.165) is 35.3 Å². The highest BCUT2D eigenvalue weighted by atomic mass is 16.5. The molecule has 0 fully saturated rings. The van der Waals surface area contributed by atoms with Crippen molar-refractivity contribution in [3.63, 3.8) is 0 Å². The first-order chi connectivity index (χ1) is 15.1. The summed E-state index contributed by atoms with van der Waals surface area (Å²) < 4.78 is 10.6. The Labute approximate surface area is 188 Å². The molecule has 0 radical (unpaired) electrons. The van der Waals surface area contributed by atoms with E-state index in [1.807, 2.05) is 30.3 Å². The lowest BCUT2D eigenvalue weighted by Crippen LogP contribution is -2.34. The van der Waals surface area contributed by atoms with E-state index in [-0.39, 0.29) is 23.8 Å². The molecule has 0 saturated carbocycles. The van der Waals surface area contributed by atoms with Crippen molar-refractivity contribution in [3.8, 4) is 11.5 Å². The molecule has 1 unspecified atom stereocenters. The quantitative estimate of drug-likeness (QED) is 0.503. The fraction of sp³-hybridized carbons (Fsp3) is 0.400. The van der Waals surface area contributed by atoms with Crippen molar-refractivity contribution in [2.75, 3.05) is 25.0 Å². The average Bonchev–Trinajstić information content (AvgIpc) is 2.84. The number of hydrogen-bond acceptors (Lipinski definition) is 6. The Kier molecular flexibility index (Phi) is 7.18. The standard InChI is InChI=1S/C25H30N2O5/c1-16(14-26(5)17(2)28)15-27-24-11-10-22(31-18(3)29)12-21(24)7-6-20-8-9-23(13-25(20)27)32-19(4)30/h8-13,16H,6-7,14-15H2,1-5H3. The molecule has 1 aliphatic heterocycles. The van der Waals surface area contributed by atoms with Gasteiger partial charge in [-0.15, -0.1) is 0 Å². The van der Waals surface area contributed by atoms with E-state index >= 15 is 0 Å². The van der Waals surface area contributed by atoms with Gasteiger partial charge in [0.2, 0.25) is 5.91 Å². The van der Waals surface area contributed by atoms with E-state index < -0.39 is 0 Å². The van der Waals surface area contributed by atoms with Crippen molar-refractivity contribution in [3.05, 3.63) is 47.5 Å². The number of anilines is 2. The third-order valence-electron chi connectivity index (χ3n) is 5.49. The number of hydrogen-bond donors (Lipinski definition) is 0. The normalized spacial score (nSPS) is 13.3. The molecule has 0 aromatic heterocycles. The molecule has 170 valence electrons. The van der Waals surface area contributed by atoms with Gasteiger partial charge in [-0.05, 0) is 54.2 Å². The SMILES string of the molecule is CC(=O)Oc1ccc2c(c1)CCc1ccc(OC(C)=O)cc1N2CC(C)CN(C)C(C)=O. The summed E-state index contributed by atoms with van der Waals surface area (Å²) in [4.78, 5) is 38.6. The smallest absolute Gasteiger partial charge is 0.308 e. The summed E-state index contributed by atoms with van der Waals surface area (Å²) in [6.45, 7) is 7.71. The fourth-order valence-electron chi connectivity index (χ4n) is 4.05. The molecule has 1 heterocycles. The number of amides is 1. The number of ether oxygens (including phenoxy) is 2. The van der Waals surface area contributed by atoms with Crippen LogP contribution in [0.5, 0.6) is 11.5 Å². The van der Waals surface area contributed by atoms with Crippen LogP contribution in [-0.2, 0) is 27.2 Å². The monoisotopic (exact) mass is 438 g/mol. The molecule has 1 aliphatic rings. The second kappa shape index (κ2) is 9.85. The first-order valence-corrected chi connectivity index (χ1v) is 10.8. The van der Waals surface area contributed by atoms with Gasteiger partial charge in [-0.1, -0.05) is 13.0 Å². The molecule has 7 nitrogen and oxygen atoms in total. The van der Waals surface area contributed by atoms with Gasteiger partial charge in [0, 0.05) is 58.3 Å². The van der Waals surface area contributed by atoms with E-state index in [0.29, 0.717) is 24.6 Å². The van der Waals surface area contributed by atoms with E-state index in [9.17, 15) is 14.4 Å². The largest absolute Gasteiger partial charge is 0.427 e. The topological polar surface area (TPSA) is 76.2 Å². The summed E-state index contributed by atoms with van der Waals surface area (Å²) in [5.41, 5.74) is 4.19. The van der Waals surface area contributed by atoms with Crippen LogP contribution in [0.4, 0.5) is 11.4 Å². The average molecular weight is 439 g/mol. The van der Waals surface area contributed by atoms with Crippen LogP contribution in [0.25, 0.3) is 0 Å². The van der Waals surface area contributed by atoms with Gasteiger partial charge in [-0.3, -0.25) is 14.4 Å². The Bertz CT molecular complexity index is 1030. The molecule has 0 bridgehead atoms. The summed E-state index contributed by atoms with van der Waals surface area (Å²) in [5, 5.41) is 0. The van der Waals surface area contributed by atoms with Crippen molar-refractivity contribution in [2.45, 2.75) is 40.5 Å². The summed E-state index contributed by atoms with van der Waals surface area (Å²) >= 11 is 0. The molecule has 1 atom stereocenters. The molecule has 32 heavy (non-hydrogen) atoms. The Balaban J connectivity index is 2.02. The zero-order valence-electron chi connectivity index (χ0n) is 19.3. The number of rotatable bonds is 6. The van der Waals surface area contributed by atoms with Crippen molar-refractivity contribution in [1.82, 2.24) is 4.90 Å². The molecule has 0 aliphatic carbocycles. The number of carbonyl (C=O) groups is 3. The van der Waals surface area contributed by atoms with Crippen LogP contribution in [0.1, 0.15) is 38.8 Å². The van der Waals surface area contributed by atoms with Gasteiger partial charge in [0.1, 0.15) is 11.5 Å². The van der Waals surface area contributed by atoms with Gasteiger partial charge < -0.3 is 19.3 Å². The zero-order chi connectivity index (χ0) is 23.4. The van der Waals surface area contributed by atoms with Gasteiger partial charge in [0.25, 0.3) is 0 Å². The van der Waals surface area contributed by atoms with Crippen molar-refractivity contribution in [1.29, 1.82) is 0 Å². The minimum atomic E-state index is -0.368. The lowest BCUT2D eigenvalue weighted by Gasteiger charge is -2.31. The van der Waals surface area contributed by atoms with E-state index in [4.69, 9.17) is 9.47 Å². The Morgan fingerprint density at radius 2 is 1.50 bits per heavy atom. The molecule has 2 aromatic carbocycles. The molecule has 0 saturated heterocycles. The van der Waals surface area contributed by atoms with Crippen LogP contribution in [0.3, 0.4) is 0 Å². The maximum Gasteiger partial charge on any atom is 0.308 e. The molecule has 3 rings (SSSR count). The number of fused-ring (bicyclic) bond motifs is 2. The molecular formula is C25H30N2O5. The molecule has 0 spiro atoms. The van der Waals surface area contributed by atoms with Gasteiger partial charge in [0.05, 0.1) is 0 Å². The third kappa shape index (κ3) is 5.66. The van der Waals surface area contributed by atoms with Crippen molar-refractivity contribution >= 4 is 29.2 Å². The predicted molar refractivity (Wildman–Crippen MR) is 122 cm³/mol. The highest BCUT2D eigenvalue weighted by Crippen LogP contribution is 2.40. The lowest BCUT2D eigenvalue weighted by atomic mass is 10.0. The van der Waals surface area contributed by atoms with Gasteiger partial charge in [0.15, 0.2) is 0 Å². The first kappa shape index (κ1) is 23.3. The van der Waals surface area contributed by atoms with Crippen LogP contribution in [-0.4, -0.2) is 42.9 Å². The number of aryl methyl sites for hydroxylation is 2. The molecule has 0 N–H and O–H groups in total. The Hall–Kier alpha value is -3.35. The second-order valence-electron chi connectivity index (χ2n) is 8.38. The minimum absolute atomic E-state index is 0.0247. The number of benzene rings is 2. The zero-order valence-corrected chi connectivity index (χ0v) is 19.3. The molecule has 2 aromatic rings. The number of esters is 2. The van der Waals surface area contributed by atoms with E-state index in [1.54, 1.807) is 24.9 Å². The van der Waals surface area contributed by atoms with Gasteiger partial charge >= 0.3 is 11.9 Å². The Morgan fingerprint density at radius 3 is 2.12 bits per heavy atom. The molecular weight excluding hydrogens is 408 g/mol. The fourth-order valence-corrected chi connectivity index (χ4v) is 4.05. The highest BCUT2D eigenvalue weighted by molar-refractivity contribution is 5.76. The van der Waals surface area contributed by atoms with E-state index in [1.165, 1.54) is 13.8 Å². The summed E-state index contributed by atoms with van der Waals surface area (Å²) in [5.74, 6) is 0.491. The number of nitrogens with zero attached hydrogens (tertiary/aromatic N) is 2. The van der Waals surface area contributed by atoms with Crippen LogP contribution in [0.2, 0.25) is 0 Å². The highest BCUT2D eigenvalue weighted by Gasteiger charge is 2.24. The second-order valence-corrected chi connectivity index (χ2v) is 8.38. The molecule has 1 amide bonds. The number of carbonyl (C=O) groups excluding carboxylic acids is 3. The third-order valence-corrected chi connectivity index (χ3v) is 5.49. The van der Waals surface area contributed by atoms with E-state index in [2.05, 4.69) is 11.8 Å². The van der Waals surface area contributed by atoms with Gasteiger partial charge in [-0.25, -0.2) is 0 Å². The maximum absolute atomic E-state index is 11.7. The van der Waals surface area contributed by atoms with Crippen molar-refractivity contribution < 1.29 is 23.9 Å². The van der Waals surface area contributed by atoms with Crippen LogP contribution in [0.15, 0.2) is 36.4 Å². The minimum Gasteiger partial charge on any atom is -0.427 e. The van der Waals surface area contributed by atoms with Crippen LogP contribution in [0, 0.1) is 5.92 Å². The summed E-state index contributed by atoms with van der Waals surface area (Å²) in [6.07, 6.45) is 1.58. The van der Waals surface area contributed by atoms with Crippen molar-refractivity contribution in [2.24, 2.45) is 5.92 Å².